The molecule has 0 bridgehead atoms. The van der Waals surface area contributed by atoms with Crippen LogP contribution in [-0.4, -0.2) is 40.0 Å². The number of carboxylic acid groups (broad SMARTS) is 2. The van der Waals surface area contributed by atoms with Crippen LogP contribution >= 0.6 is 0 Å². The summed E-state index contributed by atoms with van der Waals surface area (Å²) in [5.41, 5.74) is 0.709. The average Bonchev–Trinajstić information content (AvgIpc) is 2.42. The number of rotatable bonds is 7. The van der Waals surface area contributed by atoms with Gasteiger partial charge in [0, 0.05) is 24.6 Å². The standard InChI is InChI=1S/C14H16N2O6/c1-8(17)15-10-4-2-9(3-5-10)13(20)16-11(14(21)22)6-7-12(18)19/h2-5,11H,6-7H2,1H3,(H,15,17)(H,16,20)(H,18,19)(H,21,22)/t11-/m0/s1. The van der Waals surface area contributed by atoms with Crippen LogP contribution in [0.1, 0.15) is 30.1 Å². The zero-order valence-corrected chi connectivity index (χ0v) is 11.8. The van der Waals surface area contributed by atoms with E-state index in [9.17, 15) is 19.2 Å². The third-order valence-corrected chi connectivity index (χ3v) is 2.72. The van der Waals surface area contributed by atoms with Crippen molar-refractivity contribution in [3.05, 3.63) is 29.8 Å². The van der Waals surface area contributed by atoms with Crippen molar-refractivity contribution >= 4 is 29.4 Å². The van der Waals surface area contributed by atoms with Crippen molar-refractivity contribution in [3.8, 4) is 0 Å². The summed E-state index contributed by atoms with van der Waals surface area (Å²) in [6, 6.07) is 4.58. The van der Waals surface area contributed by atoms with Crippen molar-refractivity contribution in [2.24, 2.45) is 0 Å². The van der Waals surface area contributed by atoms with Crippen molar-refractivity contribution in [2.75, 3.05) is 5.32 Å². The molecule has 0 spiro atoms. The fourth-order valence-electron chi connectivity index (χ4n) is 1.67. The molecule has 0 aliphatic heterocycles. The molecular weight excluding hydrogens is 292 g/mol. The van der Waals surface area contributed by atoms with Gasteiger partial charge in [0.2, 0.25) is 5.91 Å². The van der Waals surface area contributed by atoms with E-state index in [0.717, 1.165) is 0 Å². The maximum absolute atomic E-state index is 11.9. The highest BCUT2D eigenvalue weighted by molar-refractivity contribution is 5.97. The maximum Gasteiger partial charge on any atom is 0.326 e. The molecule has 118 valence electrons. The molecule has 1 atom stereocenters. The second kappa shape index (κ2) is 7.77. The lowest BCUT2D eigenvalue weighted by atomic mass is 10.1. The number of anilines is 1. The Hall–Kier alpha value is -2.90. The van der Waals surface area contributed by atoms with Crippen LogP contribution in [0.4, 0.5) is 5.69 Å². The number of carbonyl (C=O) groups is 4. The molecule has 2 amide bonds. The van der Waals surface area contributed by atoms with Gasteiger partial charge in [0.15, 0.2) is 0 Å². The lowest BCUT2D eigenvalue weighted by Crippen LogP contribution is -2.41. The van der Waals surface area contributed by atoms with Crippen molar-refractivity contribution in [2.45, 2.75) is 25.8 Å². The Morgan fingerprint density at radius 2 is 1.68 bits per heavy atom. The summed E-state index contributed by atoms with van der Waals surface area (Å²) in [5, 5.41) is 22.3. The largest absolute Gasteiger partial charge is 0.481 e. The molecule has 0 aliphatic rings. The van der Waals surface area contributed by atoms with E-state index < -0.39 is 23.9 Å². The number of carboxylic acids is 2. The zero-order chi connectivity index (χ0) is 16.7. The quantitative estimate of drug-likeness (QED) is 0.586. The lowest BCUT2D eigenvalue weighted by molar-refractivity contribution is -0.140. The molecule has 22 heavy (non-hydrogen) atoms. The van der Waals surface area contributed by atoms with Crippen LogP contribution < -0.4 is 10.6 Å². The van der Waals surface area contributed by atoms with Gasteiger partial charge in [-0.15, -0.1) is 0 Å². The van der Waals surface area contributed by atoms with Crippen LogP contribution in [0.3, 0.4) is 0 Å². The molecular formula is C14H16N2O6. The van der Waals surface area contributed by atoms with E-state index in [2.05, 4.69) is 10.6 Å². The van der Waals surface area contributed by atoms with Gasteiger partial charge in [0.05, 0.1) is 0 Å². The van der Waals surface area contributed by atoms with Gasteiger partial charge in [-0.3, -0.25) is 14.4 Å². The SMILES string of the molecule is CC(=O)Nc1ccc(C(=O)N[C@@H](CCC(=O)O)C(=O)O)cc1. The lowest BCUT2D eigenvalue weighted by Gasteiger charge is -2.13. The van der Waals surface area contributed by atoms with E-state index in [-0.39, 0.29) is 24.3 Å². The Bertz CT molecular complexity index is 582. The van der Waals surface area contributed by atoms with Crippen molar-refractivity contribution in [1.82, 2.24) is 5.32 Å². The molecule has 1 aromatic carbocycles. The van der Waals surface area contributed by atoms with E-state index >= 15 is 0 Å². The number of carbonyl (C=O) groups excluding carboxylic acids is 2. The smallest absolute Gasteiger partial charge is 0.326 e. The van der Waals surface area contributed by atoms with Gasteiger partial charge >= 0.3 is 11.9 Å². The third kappa shape index (κ3) is 5.61. The summed E-state index contributed by atoms with van der Waals surface area (Å²) >= 11 is 0. The van der Waals surface area contributed by atoms with E-state index in [1.165, 1.54) is 31.2 Å². The molecule has 0 fully saturated rings. The zero-order valence-electron chi connectivity index (χ0n) is 11.8. The first kappa shape index (κ1) is 17.2. The van der Waals surface area contributed by atoms with Crippen molar-refractivity contribution < 1.29 is 29.4 Å². The summed E-state index contributed by atoms with van der Waals surface area (Å²) in [6.45, 7) is 1.35. The third-order valence-electron chi connectivity index (χ3n) is 2.72. The maximum atomic E-state index is 11.9. The molecule has 0 radical (unpaired) electrons. The monoisotopic (exact) mass is 308 g/mol. The van der Waals surface area contributed by atoms with Crippen LogP contribution in [-0.2, 0) is 14.4 Å². The molecule has 1 rings (SSSR count). The Balaban J connectivity index is 2.71. The Labute approximate surface area is 126 Å². The summed E-state index contributed by atoms with van der Waals surface area (Å²) in [5.74, 6) is -3.33. The Morgan fingerprint density at radius 3 is 2.14 bits per heavy atom. The van der Waals surface area contributed by atoms with Crippen LogP contribution in [0.2, 0.25) is 0 Å². The molecule has 8 heteroatoms. The first-order valence-corrected chi connectivity index (χ1v) is 6.42. The minimum atomic E-state index is -1.30. The average molecular weight is 308 g/mol. The topological polar surface area (TPSA) is 133 Å². The molecule has 8 nitrogen and oxygen atoms in total. The highest BCUT2D eigenvalue weighted by Crippen LogP contribution is 2.10. The molecule has 0 aromatic heterocycles. The molecule has 0 saturated heterocycles. The molecule has 4 N–H and O–H groups in total. The summed E-state index contributed by atoms with van der Waals surface area (Å²) in [7, 11) is 0. The van der Waals surface area contributed by atoms with Crippen molar-refractivity contribution in [3.63, 3.8) is 0 Å². The molecule has 1 aromatic rings. The second-order valence-corrected chi connectivity index (χ2v) is 4.56. The number of hydrogen-bond donors (Lipinski definition) is 4. The van der Waals surface area contributed by atoms with Gasteiger partial charge in [-0.05, 0) is 30.7 Å². The van der Waals surface area contributed by atoms with Crippen molar-refractivity contribution in [1.29, 1.82) is 0 Å². The van der Waals surface area contributed by atoms with Gasteiger partial charge in [-0.2, -0.15) is 0 Å². The Kier molecular flexibility index (Phi) is 6.06. The Morgan fingerprint density at radius 1 is 1.09 bits per heavy atom. The van der Waals surface area contributed by atoms with Crippen LogP contribution in [0.5, 0.6) is 0 Å². The van der Waals surface area contributed by atoms with E-state index in [0.29, 0.717) is 5.69 Å². The highest BCUT2D eigenvalue weighted by atomic mass is 16.4. The summed E-state index contributed by atoms with van der Waals surface area (Å²) in [4.78, 5) is 44.3. The predicted molar refractivity (Wildman–Crippen MR) is 76.5 cm³/mol. The van der Waals surface area contributed by atoms with Crippen LogP contribution in [0, 0.1) is 0 Å². The minimum Gasteiger partial charge on any atom is -0.481 e. The van der Waals surface area contributed by atoms with Gasteiger partial charge in [-0.25, -0.2) is 4.79 Å². The highest BCUT2D eigenvalue weighted by Gasteiger charge is 2.21. The minimum absolute atomic E-state index is 0.204. The first-order chi connectivity index (χ1) is 10.3. The second-order valence-electron chi connectivity index (χ2n) is 4.56. The molecule has 0 heterocycles. The number of benzene rings is 1. The summed E-state index contributed by atoms with van der Waals surface area (Å²) in [6.07, 6.45) is -0.570. The van der Waals surface area contributed by atoms with E-state index in [4.69, 9.17) is 10.2 Å². The van der Waals surface area contributed by atoms with E-state index in [1.807, 2.05) is 0 Å². The van der Waals surface area contributed by atoms with Crippen LogP contribution in [0.25, 0.3) is 0 Å². The van der Waals surface area contributed by atoms with Crippen LogP contribution in [0.15, 0.2) is 24.3 Å². The normalized spacial score (nSPS) is 11.3. The number of nitrogens with one attached hydrogen (secondary N) is 2. The summed E-state index contributed by atoms with van der Waals surface area (Å²) < 4.78 is 0. The predicted octanol–water partition coefficient (Wildman–Crippen LogP) is 0.693. The number of hydrogen-bond acceptors (Lipinski definition) is 4. The fraction of sp³-hybridized carbons (Fsp3) is 0.286. The first-order valence-electron chi connectivity index (χ1n) is 6.42. The number of aliphatic carboxylic acids is 2. The van der Waals surface area contributed by atoms with Gasteiger partial charge in [0.25, 0.3) is 5.91 Å². The molecule has 0 saturated carbocycles. The van der Waals surface area contributed by atoms with Gasteiger partial charge < -0.3 is 20.8 Å². The van der Waals surface area contributed by atoms with E-state index in [1.54, 1.807) is 0 Å². The fourth-order valence-corrected chi connectivity index (χ4v) is 1.67. The number of amides is 2. The van der Waals surface area contributed by atoms with Gasteiger partial charge in [0.1, 0.15) is 6.04 Å². The molecule has 0 aliphatic carbocycles. The molecule has 0 unspecified atom stereocenters. The van der Waals surface area contributed by atoms with Gasteiger partial charge in [-0.1, -0.05) is 0 Å².